The van der Waals surface area contributed by atoms with Crippen molar-refractivity contribution in [3.05, 3.63) is 76.1 Å². The van der Waals surface area contributed by atoms with E-state index in [2.05, 4.69) is 21.8 Å². The minimum Gasteiger partial charge on any atom is -0.355 e. The second-order valence-corrected chi connectivity index (χ2v) is 5.91. The number of hydrogen-bond donors (Lipinski definition) is 1. The first-order valence-corrected chi connectivity index (χ1v) is 8.01. The third-order valence-electron chi connectivity index (χ3n) is 4.24. The Bertz CT molecular complexity index is 892. The Kier molecular flexibility index (Phi) is 4.71. The molecule has 0 fully saturated rings. The number of rotatable bonds is 5. The van der Waals surface area contributed by atoms with Gasteiger partial charge < -0.3 is 4.98 Å². The van der Waals surface area contributed by atoms with Gasteiger partial charge in [-0.3, -0.25) is 14.7 Å². The Balaban J connectivity index is 1.91. The van der Waals surface area contributed by atoms with Gasteiger partial charge in [-0.15, -0.1) is 0 Å². The third kappa shape index (κ3) is 3.21. The predicted octanol–water partition coefficient (Wildman–Crippen LogP) is 3.65. The molecule has 5 heteroatoms. The highest BCUT2D eigenvalue weighted by Gasteiger charge is 2.17. The molecule has 2 aromatic heterocycles. The van der Waals surface area contributed by atoms with Crippen molar-refractivity contribution in [2.45, 2.75) is 25.9 Å². The van der Waals surface area contributed by atoms with Crippen LogP contribution in [0, 0.1) is 5.82 Å². The lowest BCUT2D eigenvalue weighted by Gasteiger charge is -2.26. The number of halogens is 1. The monoisotopic (exact) mass is 325 g/mol. The average Bonchev–Trinajstić information content (AvgIpc) is 2.57. The Morgan fingerprint density at radius 2 is 2.08 bits per heavy atom. The van der Waals surface area contributed by atoms with Crippen LogP contribution in [0.1, 0.15) is 30.8 Å². The smallest absolute Gasteiger partial charge is 0.189 e. The number of nitrogens with one attached hydrogen (secondary N) is 1. The minimum atomic E-state index is -0.411. The topological polar surface area (TPSA) is 49.0 Å². The zero-order chi connectivity index (χ0) is 17.1. The van der Waals surface area contributed by atoms with Gasteiger partial charge in [0.1, 0.15) is 5.82 Å². The summed E-state index contributed by atoms with van der Waals surface area (Å²) in [5.41, 5.74) is 1.77. The van der Waals surface area contributed by atoms with E-state index < -0.39 is 5.82 Å². The highest BCUT2D eigenvalue weighted by molar-refractivity contribution is 5.78. The molecule has 0 bridgehead atoms. The summed E-state index contributed by atoms with van der Waals surface area (Å²) < 4.78 is 14.0. The number of hydrogen-bond acceptors (Lipinski definition) is 3. The number of nitrogens with zero attached hydrogens (tertiary/aromatic N) is 2. The molecule has 1 unspecified atom stereocenters. The second kappa shape index (κ2) is 6.93. The summed E-state index contributed by atoms with van der Waals surface area (Å²) in [7, 11) is 1.98. The molecule has 2 heterocycles. The number of para-hydroxylation sites is 1. The lowest BCUT2D eigenvalue weighted by Crippen LogP contribution is -2.25. The van der Waals surface area contributed by atoms with Crippen LogP contribution in [0.15, 0.2) is 53.5 Å². The van der Waals surface area contributed by atoms with E-state index in [9.17, 15) is 9.18 Å². The van der Waals surface area contributed by atoms with Gasteiger partial charge in [0.05, 0.1) is 17.3 Å². The van der Waals surface area contributed by atoms with E-state index in [4.69, 9.17) is 0 Å². The number of aromatic amines is 1. The van der Waals surface area contributed by atoms with Crippen molar-refractivity contribution < 1.29 is 4.39 Å². The van der Waals surface area contributed by atoms with E-state index in [0.29, 0.717) is 17.6 Å². The van der Waals surface area contributed by atoms with Gasteiger partial charge in [-0.25, -0.2) is 4.39 Å². The first kappa shape index (κ1) is 16.3. The quantitative estimate of drug-likeness (QED) is 0.779. The SMILES string of the molecule is CCC(c1ccccn1)N(C)Cc1cc(=O)c2cccc(F)c2[nH]1. The largest absolute Gasteiger partial charge is 0.355 e. The summed E-state index contributed by atoms with van der Waals surface area (Å²) in [6, 6.07) is 12.1. The highest BCUT2D eigenvalue weighted by Crippen LogP contribution is 2.22. The molecule has 124 valence electrons. The molecule has 0 saturated carbocycles. The lowest BCUT2D eigenvalue weighted by molar-refractivity contribution is 0.223. The maximum absolute atomic E-state index is 14.0. The van der Waals surface area contributed by atoms with Gasteiger partial charge in [0.15, 0.2) is 5.43 Å². The summed E-state index contributed by atoms with van der Waals surface area (Å²) in [5.74, 6) is -0.411. The third-order valence-corrected chi connectivity index (χ3v) is 4.24. The van der Waals surface area contributed by atoms with E-state index in [0.717, 1.165) is 12.1 Å². The van der Waals surface area contributed by atoms with E-state index in [1.807, 2.05) is 25.2 Å². The molecular formula is C19H20FN3O. The zero-order valence-electron chi connectivity index (χ0n) is 13.8. The van der Waals surface area contributed by atoms with Crippen LogP contribution in [0.4, 0.5) is 4.39 Å². The van der Waals surface area contributed by atoms with Crippen LogP contribution in [-0.4, -0.2) is 21.9 Å². The fourth-order valence-electron chi connectivity index (χ4n) is 3.07. The van der Waals surface area contributed by atoms with Crippen molar-refractivity contribution in [2.24, 2.45) is 0 Å². The molecule has 0 aliphatic carbocycles. The van der Waals surface area contributed by atoms with Crippen molar-refractivity contribution in [2.75, 3.05) is 7.05 Å². The minimum absolute atomic E-state index is 0.131. The predicted molar refractivity (Wildman–Crippen MR) is 93.3 cm³/mol. The fraction of sp³-hybridized carbons (Fsp3) is 0.263. The summed E-state index contributed by atoms with van der Waals surface area (Å²) in [6.45, 7) is 2.60. The van der Waals surface area contributed by atoms with Crippen molar-refractivity contribution in [1.82, 2.24) is 14.9 Å². The summed E-state index contributed by atoms with van der Waals surface area (Å²) in [6.07, 6.45) is 2.67. The van der Waals surface area contributed by atoms with Gasteiger partial charge in [0.2, 0.25) is 0 Å². The van der Waals surface area contributed by atoms with Crippen molar-refractivity contribution in [3.63, 3.8) is 0 Å². The molecule has 1 atom stereocenters. The molecule has 0 aliphatic rings. The van der Waals surface area contributed by atoms with Gasteiger partial charge in [0.25, 0.3) is 0 Å². The highest BCUT2D eigenvalue weighted by atomic mass is 19.1. The van der Waals surface area contributed by atoms with E-state index >= 15 is 0 Å². The second-order valence-electron chi connectivity index (χ2n) is 5.91. The zero-order valence-corrected chi connectivity index (χ0v) is 13.8. The molecular weight excluding hydrogens is 305 g/mol. The van der Waals surface area contributed by atoms with Crippen molar-refractivity contribution in [1.29, 1.82) is 0 Å². The number of fused-ring (bicyclic) bond motifs is 1. The molecule has 3 rings (SSSR count). The first-order valence-electron chi connectivity index (χ1n) is 8.01. The van der Waals surface area contributed by atoms with E-state index in [1.54, 1.807) is 24.4 Å². The Morgan fingerprint density at radius 1 is 1.25 bits per heavy atom. The Labute approximate surface area is 140 Å². The molecule has 4 nitrogen and oxygen atoms in total. The van der Waals surface area contributed by atoms with E-state index in [1.165, 1.54) is 6.07 Å². The van der Waals surface area contributed by atoms with Crippen LogP contribution in [-0.2, 0) is 6.54 Å². The van der Waals surface area contributed by atoms with Gasteiger partial charge in [-0.1, -0.05) is 19.1 Å². The van der Waals surface area contributed by atoms with Gasteiger partial charge >= 0.3 is 0 Å². The van der Waals surface area contributed by atoms with Crippen LogP contribution in [0.2, 0.25) is 0 Å². The summed E-state index contributed by atoms with van der Waals surface area (Å²) >= 11 is 0. The van der Waals surface area contributed by atoms with Crippen LogP contribution in [0.3, 0.4) is 0 Å². The molecule has 0 spiro atoms. The molecule has 24 heavy (non-hydrogen) atoms. The van der Waals surface area contributed by atoms with Crippen LogP contribution in [0.25, 0.3) is 10.9 Å². The van der Waals surface area contributed by atoms with Crippen LogP contribution < -0.4 is 5.43 Å². The number of aromatic nitrogens is 2. The van der Waals surface area contributed by atoms with Gasteiger partial charge in [-0.2, -0.15) is 0 Å². The Morgan fingerprint density at radius 3 is 2.79 bits per heavy atom. The normalized spacial score (nSPS) is 12.7. The van der Waals surface area contributed by atoms with Crippen molar-refractivity contribution in [3.8, 4) is 0 Å². The number of H-pyrrole nitrogens is 1. The van der Waals surface area contributed by atoms with Crippen LogP contribution >= 0.6 is 0 Å². The summed E-state index contributed by atoms with van der Waals surface area (Å²) in [4.78, 5) is 21.8. The molecule has 0 aliphatic heterocycles. The van der Waals surface area contributed by atoms with Crippen LogP contribution in [0.5, 0.6) is 0 Å². The fourth-order valence-corrected chi connectivity index (χ4v) is 3.07. The Hall–Kier alpha value is -2.53. The molecule has 0 amide bonds. The average molecular weight is 325 g/mol. The maximum Gasteiger partial charge on any atom is 0.189 e. The molecule has 1 N–H and O–H groups in total. The molecule has 3 aromatic rings. The maximum atomic E-state index is 14.0. The first-order chi connectivity index (χ1) is 11.6. The standard InChI is InChI=1S/C19H20FN3O/c1-3-17(16-9-4-5-10-21-16)23(2)12-13-11-18(24)14-7-6-8-15(20)19(14)22-13/h4-11,17H,3,12H2,1-2H3,(H,22,24). The number of pyridine rings is 2. The van der Waals surface area contributed by atoms with E-state index in [-0.39, 0.29) is 17.0 Å². The summed E-state index contributed by atoms with van der Waals surface area (Å²) in [5, 5.41) is 0.373. The van der Waals surface area contributed by atoms with Gasteiger partial charge in [0, 0.05) is 29.9 Å². The van der Waals surface area contributed by atoms with Crippen molar-refractivity contribution >= 4 is 10.9 Å². The number of benzene rings is 1. The molecule has 0 radical (unpaired) electrons. The lowest BCUT2D eigenvalue weighted by atomic mass is 10.1. The molecule has 1 aromatic carbocycles. The van der Waals surface area contributed by atoms with Gasteiger partial charge in [-0.05, 0) is 37.7 Å². The molecule has 0 saturated heterocycles.